The maximum absolute atomic E-state index is 13.4. The number of H-pyrrole nitrogens is 1. The van der Waals surface area contributed by atoms with Crippen LogP contribution in [0.3, 0.4) is 0 Å². The number of hydrogen-bond acceptors (Lipinski definition) is 2. The first-order valence-electron chi connectivity index (χ1n) is 7.15. The summed E-state index contributed by atoms with van der Waals surface area (Å²) in [5.41, 5.74) is 1.52. The van der Waals surface area contributed by atoms with Gasteiger partial charge in [-0.05, 0) is 44.0 Å². The van der Waals surface area contributed by atoms with E-state index in [1.165, 1.54) is 17.0 Å². The monoisotopic (exact) mass is 306 g/mol. The Balaban J connectivity index is 2.42. The van der Waals surface area contributed by atoms with Crippen molar-refractivity contribution in [1.82, 2.24) is 9.88 Å². The molecule has 1 amide bonds. The van der Waals surface area contributed by atoms with E-state index < -0.39 is 11.9 Å². The van der Waals surface area contributed by atoms with Gasteiger partial charge in [0, 0.05) is 16.9 Å². The summed E-state index contributed by atoms with van der Waals surface area (Å²) in [4.78, 5) is 27.8. The topological polar surface area (TPSA) is 73.4 Å². The smallest absolute Gasteiger partial charge is 0.323 e. The summed E-state index contributed by atoms with van der Waals surface area (Å²) in [5, 5.41) is 9.74. The first-order valence-corrected chi connectivity index (χ1v) is 7.15. The van der Waals surface area contributed by atoms with Crippen LogP contribution >= 0.6 is 0 Å². The second-order valence-corrected chi connectivity index (χ2v) is 5.45. The van der Waals surface area contributed by atoms with Gasteiger partial charge in [0.1, 0.15) is 18.1 Å². The molecule has 2 rings (SSSR count). The molecule has 1 atom stereocenters. The number of carbonyl (C=O) groups excluding carboxylic acids is 1. The van der Waals surface area contributed by atoms with Gasteiger partial charge < -0.3 is 15.0 Å². The average molecular weight is 306 g/mol. The van der Waals surface area contributed by atoms with Crippen LogP contribution < -0.4 is 0 Å². The Labute approximate surface area is 127 Å². The highest BCUT2D eigenvalue weighted by Gasteiger charge is 2.24. The van der Waals surface area contributed by atoms with Gasteiger partial charge in [0.2, 0.25) is 0 Å². The molecule has 118 valence electrons. The Kier molecular flexibility index (Phi) is 4.49. The third kappa shape index (κ3) is 3.10. The molecule has 0 radical (unpaired) electrons. The van der Waals surface area contributed by atoms with Crippen LogP contribution in [0.4, 0.5) is 4.39 Å². The van der Waals surface area contributed by atoms with Crippen molar-refractivity contribution in [3.05, 3.63) is 35.3 Å². The number of aliphatic carboxylic acids is 1. The standard InChI is InChI=1S/C16H19FN2O3/c1-4-10(3)19(8-15(20)21)16(22)14-7-12-9(2)5-11(17)6-13(12)18-14/h5-7,10,18H,4,8H2,1-3H3,(H,20,21). The maximum atomic E-state index is 13.4. The summed E-state index contributed by atoms with van der Waals surface area (Å²) in [6, 6.07) is 4.16. The zero-order valence-corrected chi connectivity index (χ0v) is 12.8. The highest BCUT2D eigenvalue weighted by Crippen LogP contribution is 2.22. The maximum Gasteiger partial charge on any atom is 0.323 e. The number of carboxylic acid groups (broad SMARTS) is 1. The molecule has 0 fully saturated rings. The summed E-state index contributed by atoms with van der Waals surface area (Å²) < 4.78 is 13.4. The van der Waals surface area contributed by atoms with E-state index in [1.807, 2.05) is 6.92 Å². The van der Waals surface area contributed by atoms with Crippen LogP contribution in [-0.4, -0.2) is 39.5 Å². The lowest BCUT2D eigenvalue weighted by atomic mass is 10.1. The van der Waals surface area contributed by atoms with E-state index in [0.29, 0.717) is 11.9 Å². The molecule has 0 saturated carbocycles. The lowest BCUT2D eigenvalue weighted by Gasteiger charge is -2.26. The van der Waals surface area contributed by atoms with Gasteiger partial charge in [-0.15, -0.1) is 0 Å². The number of aromatic nitrogens is 1. The minimum absolute atomic E-state index is 0.201. The molecular formula is C16H19FN2O3. The molecule has 1 aromatic carbocycles. The minimum Gasteiger partial charge on any atom is -0.480 e. The number of carbonyl (C=O) groups is 2. The van der Waals surface area contributed by atoms with Crippen molar-refractivity contribution < 1.29 is 19.1 Å². The predicted molar refractivity (Wildman–Crippen MR) is 81.4 cm³/mol. The Hall–Kier alpha value is -2.37. The van der Waals surface area contributed by atoms with Crippen molar-refractivity contribution in [3.8, 4) is 0 Å². The van der Waals surface area contributed by atoms with Crippen molar-refractivity contribution in [1.29, 1.82) is 0 Å². The summed E-state index contributed by atoms with van der Waals surface area (Å²) in [6.45, 7) is 5.08. The number of benzene rings is 1. The van der Waals surface area contributed by atoms with E-state index in [2.05, 4.69) is 4.98 Å². The first kappa shape index (κ1) is 16.0. The SMILES string of the molecule is CCC(C)N(CC(=O)O)C(=O)c1cc2c(C)cc(F)cc2[nH]1. The van der Waals surface area contributed by atoms with Crippen molar-refractivity contribution in [2.75, 3.05) is 6.54 Å². The third-order valence-electron chi connectivity index (χ3n) is 3.83. The third-order valence-corrected chi connectivity index (χ3v) is 3.83. The van der Waals surface area contributed by atoms with Crippen LogP contribution in [0.5, 0.6) is 0 Å². The second-order valence-electron chi connectivity index (χ2n) is 5.45. The fourth-order valence-electron chi connectivity index (χ4n) is 2.44. The quantitative estimate of drug-likeness (QED) is 0.892. The molecule has 22 heavy (non-hydrogen) atoms. The molecule has 1 unspecified atom stereocenters. The number of amides is 1. The molecule has 0 aliphatic heterocycles. The minimum atomic E-state index is -1.06. The second kappa shape index (κ2) is 6.17. The Morgan fingerprint density at radius 1 is 1.36 bits per heavy atom. The molecule has 2 N–H and O–H groups in total. The van der Waals surface area contributed by atoms with Crippen molar-refractivity contribution in [2.45, 2.75) is 33.2 Å². The fourth-order valence-corrected chi connectivity index (χ4v) is 2.44. The number of rotatable bonds is 5. The van der Waals surface area contributed by atoms with E-state index in [0.717, 1.165) is 10.9 Å². The van der Waals surface area contributed by atoms with Gasteiger partial charge in [0.25, 0.3) is 5.91 Å². The lowest BCUT2D eigenvalue weighted by molar-refractivity contribution is -0.138. The van der Waals surface area contributed by atoms with Gasteiger partial charge in [0.05, 0.1) is 0 Å². The molecular weight excluding hydrogens is 287 g/mol. The fraction of sp³-hybridized carbons (Fsp3) is 0.375. The molecule has 0 bridgehead atoms. The molecule has 0 aliphatic carbocycles. The van der Waals surface area contributed by atoms with E-state index in [-0.39, 0.29) is 24.1 Å². The van der Waals surface area contributed by atoms with Crippen LogP contribution in [0.2, 0.25) is 0 Å². The van der Waals surface area contributed by atoms with Gasteiger partial charge in [-0.25, -0.2) is 4.39 Å². The number of aryl methyl sites for hydroxylation is 1. The lowest BCUT2D eigenvalue weighted by Crippen LogP contribution is -2.42. The molecule has 1 aromatic heterocycles. The Morgan fingerprint density at radius 2 is 2.05 bits per heavy atom. The normalized spacial score (nSPS) is 12.4. The van der Waals surface area contributed by atoms with E-state index in [4.69, 9.17) is 5.11 Å². The van der Waals surface area contributed by atoms with E-state index >= 15 is 0 Å². The number of hydrogen-bond donors (Lipinski definition) is 2. The molecule has 1 heterocycles. The van der Waals surface area contributed by atoms with Gasteiger partial charge in [-0.1, -0.05) is 6.92 Å². The van der Waals surface area contributed by atoms with Gasteiger partial charge in [-0.2, -0.15) is 0 Å². The highest BCUT2D eigenvalue weighted by atomic mass is 19.1. The number of halogens is 1. The number of aromatic amines is 1. The van der Waals surface area contributed by atoms with Crippen molar-refractivity contribution >= 4 is 22.8 Å². The summed E-state index contributed by atoms with van der Waals surface area (Å²) in [5.74, 6) is -1.84. The largest absolute Gasteiger partial charge is 0.480 e. The molecule has 0 saturated heterocycles. The van der Waals surface area contributed by atoms with Crippen LogP contribution in [0, 0.1) is 12.7 Å². The van der Waals surface area contributed by atoms with E-state index in [9.17, 15) is 14.0 Å². The Bertz CT molecular complexity index is 723. The predicted octanol–water partition coefficient (Wildman–Crippen LogP) is 2.94. The molecule has 2 aromatic rings. The van der Waals surface area contributed by atoms with Gasteiger partial charge in [-0.3, -0.25) is 9.59 Å². The van der Waals surface area contributed by atoms with Crippen LogP contribution in [0.1, 0.15) is 36.3 Å². The zero-order valence-electron chi connectivity index (χ0n) is 12.8. The number of nitrogens with one attached hydrogen (secondary N) is 1. The highest BCUT2D eigenvalue weighted by molar-refractivity contribution is 6.00. The molecule has 0 spiro atoms. The Morgan fingerprint density at radius 3 is 2.64 bits per heavy atom. The van der Waals surface area contributed by atoms with Crippen molar-refractivity contribution in [2.24, 2.45) is 0 Å². The van der Waals surface area contributed by atoms with Crippen LogP contribution in [0.25, 0.3) is 10.9 Å². The average Bonchev–Trinajstić information content (AvgIpc) is 2.87. The van der Waals surface area contributed by atoms with E-state index in [1.54, 1.807) is 19.9 Å². The van der Waals surface area contributed by atoms with Gasteiger partial charge >= 0.3 is 5.97 Å². The summed E-state index contributed by atoms with van der Waals surface area (Å²) in [7, 11) is 0. The number of carboxylic acids is 1. The molecule has 6 heteroatoms. The number of nitrogens with zero attached hydrogens (tertiary/aromatic N) is 1. The first-order chi connectivity index (χ1) is 10.3. The van der Waals surface area contributed by atoms with Crippen LogP contribution in [0.15, 0.2) is 18.2 Å². The van der Waals surface area contributed by atoms with Gasteiger partial charge in [0.15, 0.2) is 0 Å². The molecule has 0 aliphatic rings. The number of fused-ring (bicyclic) bond motifs is 1. The van der Waals surface area contributed by atoms with Crippen LogP contribution in [-0.2, 0) is 4.79 Å². The summed E-state index contributed by atoms with van der Waals surface area (Å²) in [6.07, 6.45) is 0.646. The molecule has 5 nitrogen and oxygen atoms in total. The zero-order chi connectivity index (χ0) is 16.4. The summed E-state index contributed by atoms with van der Waals surface area (Å²) >= 11 is 0. The van der Waals surface area contributed by atoms with Crippen molar-refractivity contribution in [3.63, 3.8) is 0 Å².